The van der Waals surface area contributed by atoms with Gasteiger partial charge in [-0.15, -0.1) is 5.10 Å². The van der Waals surface area contributed by atoms with Crippen LogP contribution in [0.2, 0.25) is 0 Å². The average Bonchev–Trinajstić information content (AvgIpc) is 3.35. The lowest BCUT2D eigenvalue weighted by Gasteiger charge is -2.36. The van der Waals surface area contributed by atoms with Crippen LogP contribution in [0.5, 0.6) is 0 Å². The molecule has 3 aromatic rings. The number of amides is 1. The fourth-order valence-corrected chi connectivity index (χ4v) is 3.37. The van der Waals surface area contributed by atoms with Crippen molar-refractivity contribution in [2.24, 2.45) is 12.8 Å². The SMILES string of the molecule is Cn1cc(NC(=O)c2c(N3CCC(F)(F)C(N)C3)nn3cccnc23)c(C(F)F)n1.O=C(O)C(F)(F)F. The van der Waals surface area contributed by atoms with E-state index < -0.39 is 48.6 Å². The molecule has 0 bridgehead atoms. The first kappa shape index (κ1) is 27.6. The first-order valence-corrected chi connectivity index (χ1v) is 10.3. The second-order valence-electron chi connectivity index (χ2n) is 7.81. The van der Waals surface area contributed by atoms with Gasteiger partial charge in [0.1, 0.15) is 5.56 Å². The molecule has 1 saturated heterocycles. The molecular weight excluding hydrogens is 521 g/mol. The Morgan fingerprint density at radius 2 is 1.92 bits per heavy atom. The van der Waals surface area contributed by atoms with Crippen LogP contribution in [0.25, 0.3) is 5.65 Å². The van der Waals surface area contributed by atoms with Crippen LogP contribution in [0.3, 0.4) is 0 Å². The standard InChI is InChI=1S/C17H18F4N8O.C2HF3O2/c1-27-7-9(12(25-27)13(18)19)24-16(30)11-14-23-4-2-5-29(14)26-15(11)28-6-3-17(20,21)10(22)8-28;3-2(4,5)1(6)7/h2,4-5,7,10,13H,3,6,8,22H2,1H3,(H,24,30);(H,6,7). The van der Waals surface area contributed by atoms with Crippen molar-refractivity contribution in [3.05, 3.63) is 35.9 Å². The minimum Gasteiger partial charge on any atom is -0.475 e. The quantitative estimate of drug-likeness (QED) is 0.429. The van der Waals surface area contributed by atoms with E-state index in [-0.39, 0.29) is 35.8 Å². The number of aliphatic carboxylic acids is 1. The number of piperidine rings is 1. The van der Waals surface area contributed by atoms with E-state index >= 15 is 0 Å². The number of alkyl halides is 7. The lowest BCUT2D eigenvalue weighted by Crippen LogP contribution is -2.55. The number of hydrogen-bond donors (Lipinski definition) is 3. The van der Waals surface area contributed by atoms with Crippen molar-refractivity contribution < 1.29 is 45.4 Å². The average molecular weight is 540 g/mol. The number of aromatic nitrogens is 5. The molecule has 11 nitrogen and oxygen atoms in total. The Morgan fingerprint density at radius 1 is 1.27 bits per heavy atom. The van der Waals surface area contributed by atoms with E-state index in [4.69, 9.17) is 15.6 Å². The van der Waals surface area contributed by atoms with E-state index in [0.717, 1.165) is 4.68 Å². The summed E-state index contributed by atoms with van der Waals surface area (Å²) in [5, 5.41) is 17.5. The van der Waals surface area contributed by atoms with Crippen LogP contribution in [-0.4, -0.2) is 72.6 Å². The summed E-state index contributed by atoms with van der Waals surface area (Å²) >= 11 is 0. The first-order chi connectivity index (χ1) is 17.1. The highest BCUT2D eigenvalue weighted by atomic mass is 19.4. The summed E-state index contributed by atoms with van der Waals surface area (Å²) in [5.41, 5.74) is 4.97. The third kappa shape index (κ3) is 6.07. The maximum atomic E-state index is 13.8. The fourth-order valence-electron chi connectivity index (χ4n) is 3.37. The molecule has 18 heteroatoms. The minimum atomic E-state index is -5.08. The van der Waals surface area contributed by atoms with Crippen molar-refractivity contribution in [2.45, 2.75) is 31.0 Å². The van der Waals surface area contributed by atoms with Gasteiger partial charge >= 0.3 is 12.1 Å². The number of nitrogens with zero attached hydrogens (tertiary/aromatic N) is 6. The molecule has 4 N–H and O–H groups in total. The van der Waals surface area contributed by atoms with Gasteiger partial charge in [0.25, 0.3) is 18.3 Å². The van der Waals surface area contributed by atoms with Crippen LogP contribution >= 0.6 is 0 Å². The van der Waals surface area contributed by atoms with Crippen molar-refractivity contribution >= 4 is 29.0 Å². The highest BCUT2D eigenvalue weighted by molar-refractivity contribution is 6.12. The number of nitrogens with two attached hydrogens (primary N) is 1. The number of anilines is 2. The zero-order valence-corrected chi connectivity index (χ0v) is 18.8. The van der Waals surface area contributed by atoms with Gasteiger partial charge in [0, 0.05) is 45.1 Å². The van der Waals surface area contributed by atoms with Crippen LogP contribution in [0.4, 0.5) is 42.2 Å². The van der Waals surface area contributed by atoms with Gasteiger partial charge in [0.15, 0.2) is 17.2 Å². The van der Waals surface area contributed by atoms with Crippen molar-refractivity contribution in [1.29, 1.82) is 0 Å². The number of rotatable bonds is 4. The van der Waals surface area contributed by atoms with Crippen molar-refractivity contribution in [3.8, 4) is 0 Å². The summed E-state index contributed by atoms with van der Waals surface area (Å²) in [6.07, 6.45) is -4.27. The molecule has 4 heterocycles. The third-order valence-electron chi connectivity index (χ3n) is 5.13. The summed E-state index contributed by atoms with van der Waals surface area (Å²) < 4.78 is 88.3. The zero-order valence-electron chi connectivity index (χ0n) is 18.8. The molecule has 0 spiro atoms. The van der Waals surface area contributed by atoms with E-state index in [1.54, 1.807) is 6.07 Å². The van der Waals surface area contributed by atoms with Crippen LogP contribution < -0.4 is 16.0 Å². The number of carboxylic acids is 1. The highest BCUT2D eigenvalue weighted by Crippen LogP contribution is 2.33. The maximum absolute atomic E-state index is 13.8. The van der Waals surface area contributed by atoms with Crippen LogP contribution in [0.1, 0.15) is 28.9 Å². The number of fused-ring (bicyclic) bond motifs is 1. The normalized spacial score (nSPS) is 17.5. The maximum Gasteiger partial charge on any atom is 0.490 e. The molecule has 37 heavy (non-hydrogen) atoms. The predicted octanol–water partition coefficient (Wildman–Crippen LogP) is 2.46. The lowest BCUT2D eigenvalue weighted by atomic mass is 10.0. The molecule has 1 aliphatic rings. The number of carboxylic acid groups (broad SMARTS) is 1. The number of carbonyl (C=O) groups is 2. The zero-order chi connectivity index (χ0) is 27.7. The molecule has 3 aromatic heterocycles. The minimum absolute atomic E-state index is 0.0305. The summed E-state index contributed by atoms with van der Waals surface area (Å²) in [6, 6.07) is 0.140. The second-order valence-corrected chi connectivity index (χ2v) is 7.81. The van der Waals surface area contributed by atoms with Gasteiger partial charge in [-0.05, 0) is 6.07 Å². The Balaban J connectivity index is 0.000000479. The summed E-state index contributed by atoms with van der Waals surface area (Å²) in [4.78, 5) is 27.6. The van der Waals surface area contributed by atoms with E-state index in [0.29, 0.717) is 0 Å². The number of carbonyl (C=O) groups excluding carboxylic acids is 1. The Morgan fingerprint density at radius 3 is 2.49 bits per heavy atom. The second kappa shape index (κ2) is 10.2. The molecule has 0 saturated carbocycles. The van der Waals surface area contributed by atoms with E-state index in [1.807, 2.05) is 0 Å². The van der Waals surface area contributed by atoms with E-state index in [2.05, 4.69) is 20.5 Å². The van der Waals surface area contributed by atoms with Crippen LogP contribution in [0.15, 0.2) is 24.7 Å². The van der Waals surface area contributed by atoms with Gasteiger partial charge in [0.2, 0.25) is 0 Å². The smallest absolute Gasteiger partial charge is 0.475 e. The topological polar surface area (TPSA) is 144 Å². The molecular formula is C19H19F7N8O3. The summed E-state index contributed by atoms with van der Waals surface area (Å²) in [5.74, 6) is -6.45. The molecule has 1 aliphatic heterocycles. The van der Waals surface area contributed by atoms with Gasteiger partial charge in [-0.3, -0.25) is 9.48 Å². The highest BCUT2D eigenvalue weighted by Gasteiger charge is 2.43. The van der Waals surface area contributed by atoms with Crippen LogP contribution in [0, 0.1) is 0 Å². The van der Waals surface area contributed by atoms with Gasteiger partial charge in [-0.2, -0.15) is 18.3 Å². The molecule has 202 valence electrons. The Labute approximate surface area is 202 Å². The van der Waals surface area contributed by atoms with Crippen molar-refractivity contribution in [3.63, 3.8) is 0 Å². The molecule has 0 aromatic carbocycles. The van der Waals surface area contributed by atoms with Gasteiger partial charge < -0.3 is 21.1 Å². The fraction of sp³-hybridized carbons (Fsp3) is 0.421. The van der Waals surface area contributed by atoms with Gasteiger partial charge in [0.05, 0.1) is 11.7 Å². The lowest BCUT2D eigenvalue weighted by molar-refractivity contribution is -0.192. The molecule has 4 rings (SSSR count). The summed E-state index contributed by atoms with van der Waals surface area (Å²) in [6.45, 7) is -0.313. The molecule has 1 atom stereocenters. The van der Waals surface area contributed by atoms with Crippen molar-refractivity contribution in [2.75, 3.05) is 23.3 Å². The summed E-state index contributed by atoms with van der Waals surface area (Å²) in [7, 11) is 1.44. The molecule has 1 fully saturated rings. The van der Waals surface area contributed by atoms with Gasteiger partial charge in [-0.1, -0.05) is 0 Å². The molecule has 0 radical (unpaired) electrons. The Bertz CT molecular complexity index is 1290. The largest absolute Gasteiger partial charge is 0.490 e. The Kier molecular flexibility index (Phi) is 7.61. The molecule has 1 unspecified atom stereocenters. The molecule has 1 amide bonds. The number of hydrogen-bond acceptors (Lipinski definition) is 7. The third-order valence-corrected chi connectivity index (χ3v) is 5.13. The Hall–Kier alpha value is -3.96. The van der Waals surface area contributed by atoms with Crippen molar-refractivity contribution in [1.82, 2.24) is 24.4 Å². The predicted molar refractivity (Wildman–Crippen MR) is 113 cm³/mol. The van der Waals surface area contributed by atoms with E-state index in [9.17, 15) is 35.5 Å². The first-order valence-electron chi connectivity index (χ1n) is 10.3. The number of halogens is 7. The monoisotopic (exact) mass is 540 g/mol. The van der Waals surface area contributed by atoms with Crippen LogP contribution in [-0.2, 0) is 11.8 Å². The van der Waals surface area contributed by atoms with E-state index in [1.165, 1.54) is 35.1 Å². The van der Waals surface area contributed by atoms with Gasteiger partial charge in [-0.25, -0.2) is 31.9 Å². The number of aryl methyl sites for hydroxylation is 1. The molecule has 0 aliphatic carbocycles. The number of nitrogens with one attached hydrogen (secondary N) is 1.